The van der Waals surface area contributed by atoms with Crippen molar-refractivity contribution in [3.8, 4) is 5.69 Å². The highest BCUT2D eigenvalue weighted by Crippen LogP contribution is 2.33. The number of hydrogen-bond acceptors (Lipinski definition) is 4. The summed E-state index contributed by atoms with van der Waals surface area (Å²) in [6.07, 6.45) is 2.15. The van der Waals surface area contributed by atoms with Crippen LogP contribution in [0.1, 0.15) is 49.8 Å². The van der Waals surface area contributed by atoms with Gasteiger partial charge in [0.05, 0.1) is 17.5 Å². The highest BCUT2D eigenvalue weighted by Gasteiger charge is 2.35. The van der Waals surface area contributed by atoms with Gasteiger partial charge in [0.25, 0.3) is 5.91 Å². The second kappa shape index (κ2) is 7.76. The molecule has 0 bridgehead atoms. The molecule has 2 atom stereocenters. The van der Waals surface area contributed by atoms with Gasteiger partial charge < -0.3 is 10.1 Å². The lowest BCUT2D eigenvalue weighted by atomic mass is 9.78. The maximum atomic E-state index is 13.1. The number of aromatic nitrogens is 3. The minimum absolute atomic E-state index is 0.0252. The number of benzene rings is 1. The van der Waals surface area contributed by atoms with Crippen molar-refractivity contribution in [2.45, 2.75) is 46.6 Å². The highest BCUT2D eigenvalue weighted by molar-refractivity contribution is 5.93. The second-order valence-corrected chi connectivity index (χ2v) is 8.18. The lowest BCUT2D eigenvalue weighted by Gasteiger charge is -2.40. The summed E-state index contributed by atoms with van der Waals surface area (Å²) >= 11 is 0. The van der Waals surface area contributed by atoms with Crippen LogP contribution in [0.2, 0.25) is 0 Å². The fourth-order valence-corrected chi connectivity index (χ4v) is 3.68. The lowest BCUT2D eigenvalue weighted by molar-refractivity contribution is -0.0839. The summed E-state index contributed by atoms with van der Waals surface area (Å²) in [5.41, 5.74) is 1.58. The molecule has 2 heterocycles. The van der Waals surface area contributed by atoms with Gasteiger partial charge in [0.2, 0.25) is 0 Å². The molecule has 7 heteroatoms. The smallest absolute Gasteiger partial charge is 0.273 e. The number of carbonyl (C=O) groups excluding carboxylic acids is 1. The van der Waals surface area contributed by atoms with E-state index < -0.39 is 0 Å². The third-order valence-corrected chi connectivity index (χ3v) is 5.00. The fraction of sp³-hybridized carbons (Fsp3) is 0.550. The minimum atomic E-state index is -0.322. The highest BCUT2D eigenvalue weighted by atomic mass is 19.1. The molecule has 0 radical (unpaired) electrons. The molecule has 2 aromatic rings. The number of amides is 1. The van der Waals surface area contributed by atoms with Gasteiger partial charge in [-0.3, -0.25) is 4.79 Å². The van der Waals surface area contributed by atoms with Crippen molar-refractivity contribution in [2.75, 3.05) is 13.2 Å². The Kier molecular flexibility index (Phi) is 5.60. The van der Waals surface area contributed by atoms with Crippen LogP contribution in [0, 0.1) is 24.1 Å². The van der Waals surface area contributed by atoms with Crippen LogP contribution in [0.25, 0.3) is 5.69 Å². The van der Waals surface area contributed by atoms with Crippen molar-refractivity contribution in [3.05, 3.63) is 41.5 Å². The monoisotopic (exact) mass is 374 g/mol. The van der Waals surface area contributed by atoms with E-state index >= 15 is 0 Å². The van der Waals surface area contributed by atoms with Crippen LogP contribution < -0.4 is 5.32 Å². The Morgan fingerprint density at radius 2 is 2.04 bits per heavy atom. The molecule has 0 saturated carbocycles. The summed E-state index contributed by atoms with van der Waals surface area (Å²) < 4.78 is 20.6. The maximum absolute atomic E-state index is 13.1. The Bertz CT molecular complexity index is 795. The maximum Gasteiger partial charge on any atom is 0.273 e. The molecule has 1 aliphatic heterocycles. The topological polar surface area (TPSA) is 69.0 Å². The summed E-state index contributed by atoms with van der Waals surface area (Å²) in [5, 5.41) is 11.1. The first-order valence-electron chi connectivity index (χ1n) is 9.35. The first-order valence-corrected chi connectivity index (χ1v) is 9.35. The number of halogens is 1. The molecule has 2 unspecified atom stereocenters. The molecule has 1 aliphatic rings. The molecule has 1 N–H and O–H groups in total. The summed E-state index contributed by atoms with van der Waals surface area (Å²) in [5.74, 6) is -0.299. The van der Waals surface area contributed by atoms with E-state index in [9.17, 15) is 9.18 Å². The van der Waals surface area contributed by atoms with Crippen molar-refractivity contribution in [1.82, 2.24) is 20.3 Å². The van der Waals surface area contributed by atoms with Crippen molar-refractivity contribution in [3.63, 3.8) is 0 Å². The zero-order valence-corrected chi connectivity index (χ0v) is 16.3. The minimum Gasteiger partial charge on any atom is -0.377 e. The van der Waals surface area contributed by atoms with Gasteiger partial charge in [0.1, 0.15) is 5.82 Å². The molecule has 1 fully saturated rings. The van der Waals surface area contributed by atoms with Gasteiger partial charge in [-0.05, 0) is 49.4 Å². The normalized spacial score (nSPS) is 20.5. The van der Waals surface area contributed by atoms with E-state index in [2.05, 4.69) is 36.4 Å². The van der Waals surface area contributed by atoms with Gasteiger partial charge in [-0.15, -0.1) is 5.10 Å². The van der Waals surface area contributed by atoms with Crippen LogP contribution in [-0.4, -0.2) is 40.2 Å². The average Bonchev–Trinajstić information content (AvgIpc) is 3.01. The number of hydrogen-bond donors (Lipinski definition) is 1. The van der Waals surface area contributed by atoms with Crippen LogP contribution in [0.3, 0.4) is 0 Å². The van der Waals surface area contributed by atoms with E-state index in [1.165, 1.54) is 16.8 Å². The Morgan fingerprint density at radius 1 is 1.33 bits per heavy atom. The largest absolute Gasteiger partial charge is 0.377 e. The lowest BCUT2D eigenvalue weighted by Crippen LogP contribution is -2.45. The number of nitrogens with one attached hydrogen (secondary N) is 1. The van der Waals surface area contributed by atoms with E-state index in [0.29, 0.717) is 17.9 Å². The van der Waals surface area contributed by atoms with Gasteiger partial charge in [0.15, 0.2) is 5.69 Å². The molecule has 0 aliphatic carbocycles. The van der Waals surface area contributed by atoms with Gasteiger partial charge in [-0.25, -0.2) is 9.07 Å². The molecule has 6 nitrogen and oxygen atoms in total. The van der Waals surface area contributed by atoms with Crippen molar-refractivity contribution in [1.29, 1.82) is 0 Å². The average molecular weight is 374 g/mol. The Hall–Kier alpha value is -2.28. The van der Waals surface area contributed by atoms with Crippen molar-refractivity contribution >= 4 is 5.91 Å². The summed E-state index contributed by atoms with van der Waals surface area (Å²) in [6, 6.07) is 5.91. The number of carbonyl (C=O) groups is 1. The van der Waals surface area contributed by atoms with Gasteiger partial charge in [-0.2, -0.15) is 0 Å². The fourth-order valence-electron chi connectivity index (χ4n) is 3.68. The van der Waals surface area contributed by atoms with E-state index in [1.807, 2.05) is 0 Å². The number of rotatable bonds is 4. The van der Waals surface area contributed by atoms with Crippen molar-refractivity contribution < 1.29 is 13.9 Å². The van der Waals surface area contributed by atoms with Crippen molar-refractivity contribution in [2.24, 2.45) is 11.3 Å². The molecule has 1 aromatic carbocycles. The predicted molar refractivity (Wildman–Crippen MR) is 100 cm³/mol. The molecule has 1 aromatic heterocycles. The van der Waals surface area contributed by atoms with Crippen LogP contribution >= 0.6 is 0 Å². The Labute approximate surface area is 159 Å². The molecule has 1 amide bonds. The molecule has 1 saturated heterocycles. The third-order valence-electron chi connectivity index (χ3n) is 5.00. The summed E-state index contributed by atoms with van der Waals surface area (Å²) in [6.45, 7) is 9.59. The van der Waals surface area contributed by atoms with E-state index in [1.54, 1.807) is 19.1 Å². The molecule has 3 rings (SSSR count). The first-order chi connectivity index (χ1) is 12.8. The standard InChI is InChI=1S/C20H27FN4O2/c1-13-17(23-24-25(13)16-9-7-15(21)8-10-16)19(26)22-12-14-6-5-11-27-18(14)20(2,3)4/h7-10,14,18H,5-6,11-12H2,1-4H3,(H,22,26). The molecule has 0 spiro atoms. The zero-order valence-electron chi connectivity index (χ0n) is 16.3. The molecule has 146 valence electrons. The van der Waals surface area contributed by atoms with E-state index in [4.69, 9.17) is 4.74 Å². The quantitative estimate of drug-likeness (QED) is 0.892. The van der Waals surface area contributed by atoms with Crippen LogP contribution in [0.15, 0.2) is 24.3 Å². The summed E-state index contributed by atoms with van der Waals surface area (Å²) in [4.78, 5) is 12.6. The number of ether oxygens (including phenoxy) is 1. The van der Waals surface area contributed by atoms with Gasteiger partial charge in [0, 0.05) is 19.1 Å². The SMILES string of the molecule is Cc1c(C(=O)NCC2CCCOC2C(C)(C)C)nnn1-c1ccc(F)cc1. The second-order valence-electron chi connectivity index (χ2n) is 8.18. The number of nitrogens with zero attached hydrogens (tertiary/aromatic N) is 3. The van der Waals surface area contributed by atoms with E-state index in [-0.39, 0.29) is 34.9 Å². The van der Waals surface area contributed by atoms with E-state index in [0.717, 1.165) is 19.4 Å². The summed E-state index contributed by atoms with van der Waals surface area (Å²) in [7, 11) is 0. The Balaban J connectivity index is 1.69. The Morgan fingerprint density at radius 3 is 2.70 bits per heavy atom. The third kappa shape index (κ3) is 4.35. The van der Waals surface area contributed by atoms with Crippen LogP contribution in [0.4, 0.5) is 4.39 Å². The predicted octanol–water partition coefficient (Wildman–Crippen LogP) is 3.29. The molecule has 27 heavy (non-hydrogen) atoms. The van der Waals surface area contributed by atoms with Crippen LogP contribution in [0.5, 0.6) is 0 Å². The van der Waals surface area contributed by atoms with Crippen LogP contribution in [-0.2, 0) is 4.74 Å². The zero-order chi connectivity index (χ0) is 19.6. The first kappa shape index (κ1) is 19.5. The van der Waals surface area contributed by atoms with Gasteiger partial charge >= 0.3 is 0 Å². The van der Waals surface area contributed by atoms with Gasteiger partial charge in [-0.1, -0.05) is 26.0 Å². The molecular formula is C20H27FN4O2. The molecular weight excluding hydrogens is 347 g/mol.